The molecule has 10 heteroatoms. The summed E-state index contributed by atoms with van der Waals surface area (Å²) < 4.78 is 14.7. The van der Waals surface area contributed by atoms with E-state index in [4.69, 9.17) is 14.6 Å². The number of fused-ring (bicyclic) bond motifs is 1. The van der Waals surface area contributed by atoms with Crippen LogP contribution in [0.1, 0.15) is 27.9 Å². The van der Waals surface area contributed by atoms with Gasteiger partial charge in [0, 0.05) is 23.7 Å². The van der Waals surface area contributed by atoms with Gasteiger partial charge in [-0.25, -0.2) is 4.68 Å². The molecule has 7 rings (SSSR count). The average Bonchev–Trinajstić information content (AvgIpc) is 3.66. The summed E-state index contributed by atoms with van der Waals surface area (Å²) in [6.45, 7) is 2.47. The number of hydrogen-bond donors (Lipinski definition) is 0. The molecule has 0 radical (unpaired) electrons. The van der Waals surface area contributed by atoms with E-state index in [0.717, 1.165) is 50.6 Å². The Labute approximate surface area is 273 Å². The lowest BCUT2D eigenvalue weighted by Crippen LogP contribution is -2.28. The number of para-hydroxylation sites is 1. The number of methoxy groups -OCH3 is 1. The van der Waals surface area contributed by atoms with Crippen LogP contribution in [0.5, 0.6) is 11.5 Å². The summed E-state index contributed by atoms with van der Waals surface area (Å²) in [5.41, 5.74) is 5.46. The molecule has 0 N–H and O–H groups in total. The van der Waals surface area contributed by atoms with E-state index in [-0.39, 0.29) is 22.6 Å². The van der Waals surface area contributed by atoms with Crippen LogP contribution >= 0.6 is 11.3 Å². The van der Waals surface area contributed by atoms with Crippen LogP contribution in [0, 0.1) is 6.92 Å². The highest BCUT2D eigenvalue weighted by Crippen LogP contribution is 2.29. The van der Waals surface area contributed by atoms with E-state index in [1.807, 2.05) is 116 Å². The molecule has 0 fully saturated rings. The van der Waals surface area contributed by atoms with Gasteiger partial charge in [-0.1, -0.05) is 72.0 Å². The van der Waals surface area contributed by atoms with Crippen molar-refractivity contribution < 1.29 is 9.47 Å². The molecule has 9 nitrogen and oxygen atoms in total. The van der Waals surface area contributed by atoms with Crippen LogP contribution in [0.3, 0.4) is 0 Å². The molecular weight excluding hydrogens is 611 g/mol. The molecule has 7 aromatic rings. The second kappa shape index (κ2) is 12.9. The molecule has 0 saturated heterocycles. The van der Waals surface area contributed by atoms with Crippen molar-refractivity contribution in [1.29, 1.82) is 0 Å². The second-order valence-electron chi connectivity index (χ2n) is 11.0. The normalized spacial score (nSPS) is 11.7. The van der Waals surface area contributed by atoms with Gasteiger partial charge in [-0.15, -0.1) is 0 Å². The van der Waals surface area contributed by atoms with Crippen molar-refractivity contribution in [3.05, 3.63) is 163 Å². The zero-order chi connectivity index (χ0) is 32.3. The fraction of sp³-hybridized carbons (Fsp3) is 0.108. The number of hydrogen-bond acceptors (Lipinski definition) is 8. The topological polar surface area (TPSA) is 101 Å². The summed E-state index contributed by atoms with van der Waals surface area (Å²) in [4.78, 5) is 30.9. The van der Waals surface area contributed by atoms with Crippen molar-refractivity contribution in [2.45, 2.75) is 20.0 Å². The predicted molar refractivity (Wildman–Crippen MR) is 182 cm³/mol. The molecule has 232 valence electrons. The van der Waals surface area contributed by atoms with Crippen LogP contribution in [-0.2, 0) is 13.0 Å². The van der Waals surface area contributed by atoms with Gasteiger partial charge < -0.3 is 9.47 Å². The lowest BCUT2D eigenvalue weighted by Gasteiger charge is -2.10. The summed E-state index contributed by atoms with van der Waals surface area (Å²) in [6, 6.07) is 33.1. The fourth-order valence-electron chi connectivity index (χ4n) is 5.25. The number of thiazole rings is 1. The minimum atomic E-state index is -0.462. The van der Waals surface area contributed by atoms with Gasteiger partial charge in [-0.3, -0.25) is 9.59 Å². The summed E-state index contributed by atoms with van der Waals surface area (Å²) in [6.07, 6.45) is 3.92. The Bertz CT molecular complexity index is 2370. The highest BCUT2D eigenvalue weighted by molar-refractivity contribution is 7.15. The summed E-state index contributed by atoms with van der Waals surface area (Å²) in [7, 11) is 1.59. The highest BCUT2D eigenvalue weighted by atomic mass is 32.1. The molecule has 0 amide bonds. The Balaban J connectivity index is 1.27. The van der Waals surface area contributed by atoms with Gasteiger partial charge in [0.25, 0.3) is 11.1 Å². The maximum absolute atomic E-state index is 13.6. The molecule has 0 spiro atoms. The first-order chi connectivity index (χ1) is 22.9. The second-order valence-corrected chi connectivity index (χ2v) is 12.0. The Kier molecular flexibility index (Phi) is 8.16. The SMILES string of the molecule is COc1ccc(Cc2nn3c(=O)/c(=C/c4cn(-c5ccccc5)nc4-c4ccc(OCc5ccccc5)c(C)c4)sc3nc2=O)cc1. The number of rotatable bonds is 9. The first kappa shape index (κ1) is 29.8. The molecule has 0 atom stereocenters. The van der Waals surface area contributed by atoms with Crippen molar-refractivity contribution >= 4 is 22.4 Å². The molecule has 0 aliphatic rings. The number of nitrogens with zero attached hydrogens (tertiary/aromatic N) is 5. The Morgan fingerprint density at radius 2 is 1.60 bits per heavy atom. The summed E-state index contributed by atoms with van der Waals surface area (Å²) in [5.74, 6) is 1.49. The standard InChI is InChI=1S/C37H29N5O4S/c1-24-19-27(15-18-32(24)46-23-26-9-5-3-6-10-26)34-28(22-41(40-34)29-11-7-4-8-12-29)21-33-36(44)42-37(47-33)38-35(43)31(39-42)20-25-13-16-30(45-2)17-14-25/h3-19,21-22H,20,23H2,1-2H3/b33-21-. The molecular formula is C37H29N5O4S. The molecule has 0 saturated carbocycles. The zero-order valence-electron chi connectivity index (χ0n) is 25.7. The van der Waals surface area contributed by atoms with Crippen molar-refractivity contribution in [1.82, 2.24) is 24.4 Å². The van der Waals surface area contributed by atoms with Crippen molar-refractivity contribution in [2.75, 3.05) is 7.11 Å². The number of aryl methyl sites for hydroxylation is 1. The van der Waals surface area contributed by atoms with Crippen molar-refractivity contribution in [2.24, 2.45) is 0 Å². The Morgan fingerprint density at radius 1 is 0.851 bits per heavy atom. The third-order valence-electron chi connectivity index (χ3n) is 7.72. The van der Waals surface area contributed by atoms with Gasteiger partial charge >= 0.3 is 0 Å². The third-order valence-corrected chi connectivity index (χ3v) is 8.68. The Morgan fingerprint density at radius 3 is 2.32 bits per heavy atom. The third kappa shape index (κ3) is 6.31. The van der Waals surface area contributed by atoms with E-state index in [2.05, 4.69) is 10.1 Å². The first-order valence-corrected chi connectivity index (χ1v) is 15.8. The minimum absolute atomic E-state index is 0.191. The maximum atomic E-state index is 13.6. The van der Waals surface area contributed by atoms with E-state index in [1.165, 1.54) is 4.52 Å². The fourth-order valence-corrected chi connectivity index (χ4v) is 6.15. The van der Waals surface area contributed by atoms with Gasteiger partial charge in [-0.2, -0.15) is 19.7 Å². The lowest BCUT2D eigenvalue weighted by molar-refractivity contribution is 0.304. The average molecular weight is 640 g/mol. The molecule has 3 aromatic heterocycles. The predicted octanol–water partition coefficient (Wildman–Crippen LogP) is 5.40. The van der Waals surface area contributed by atoms with E-state index in [0.29, 0.717) is 22.6 Å². The quantitative estimate of drug-likeness (QED) is 0.209. The minimum Gasteiger partial charge on any atom is -0.497 e. The van der Waals surface area contributed by atoms with Crippen LogP contribution < -0.4 is 25.1 Å². The van der Waals surface area contributed by atoms with E-state index in [9.17, 15) is 9.59 Å². The molecule has 0 aliphatic carbocycles. The molecule has 4 aromatic carbocycles. The number of aromatic nitrogens is 5. The largest absolute Gasteiger partial charge is 0.497 e. The van der Waals surface area contributed by atoms with Crippen LogP contribution in [0.25, 0.3) is 28.0 Å². The van der Waals surface area contributed by atoms with Crippen molar-refractivity contribution in [3.63, 3.8) is 0 Å². The van der Waals surface area contributed by atoms with Gasteiger partial charge in [0.15, 0.2) is 0 Å². The van der Waals surface area contributed by atoms with E-state index >= 15 is 0 Å². The van der Waals surface area contributed by atoms with Gasteiger partial charge in [0.2, 0.25) is 4.96 Å². The van der Waals surface area contributed by atoms with E-state index < -0.39 is 5.56 Å². The van der Waals surface area contributed by atoms with Crippen LogP contribution in [0.4, 0.5) is 0 Å². The Hall–Kier alpha value is -5.87. The first-order valence-electron chi connectivity index (χ1n) is 15.0. The molecule has 47 heavy (non-hydrogen) atoms. The zero-order valence-corrected chi connectivity index (χ0v) is 26.5. The smallest absolute Gasteiger partial charge is 0.296 e. The highest BCUT2D eigenvalue weighted by Gasteiger charge is 2.16. The maximum Gasteiger partial charge on any atom is 0.296 e. The van der Waals surface area contributed by atoms with Crippen LogP contribution in [0.15, 0.2) is 119 Å². The van der Waals surface area contributed by atoms with Crippen LogP contribution in [0.2, 0.25) is 0 Å². The molecule has 3 heterocycles. The summed E-state index contributed by atoms with van der Waals surface area (Å²) >= 11 is 1.12. The number of ether oxygens (including phenoxy) is 2. The van der Waals surface area contributed by atoms with Crippen LogP contribution in [-0.4, -0.2) is 31.5 Å². The van der Waals surface area contributed by atoms with E-state index in [1.54, 1.807) is 17.9 Å². The van der Waals surface area contributed by atoms with Gasteiger partial charge in [0.1, 0.15) is 29.5 Å². The molecule has 0 unspecified atom stereocenters. The molecule has 0 bridgehead atoms. The number of benzene rings is 4. The summed E-state index contributed by atoms with van der Waals surface area (Å²) in [5, 5.41) is 9.35. The van der Waals surface area contributed by atoms with Gasteiger partial charge in [0.05, 0.1) is 17.3 Å². The molecule has 0 aliphatic heterocycles. The monoisotopic (exact) mass is 639 g/mol. The van der Waals surface area contributed by atoms with Crippen molar-refractivity contribution in [3.8, 4) is 28.4 Å². The van der Waals surface area contributed by atoms with Gasteiger partial charge in [-0.05, 0) is 72.2 Å². The lowest BCUT2D eigenvalue weighted by atomic mass is 10.0.